The second kappa shape index (κ2) is 5.85. The van der Waals surface area contributed by atoms with Gasteiger partial charge in [-0.2, -0.15) is 0 Å². The minimum Gasteiger partial charge on any atom is -0.398 e. The van der Waals surface area contributed by atoms with Gasteiger partial charge in [-0.1, -0.05) is 12.8 Å². The highest BCUT2D eigenvalue weighted by Crippen LogP contribution is 2.35. The van der Waals surface area contributed by atoms with Gasteiger partial charge >= 0.3 is 0 Å². The predicted molar refractivity (Wildman–Crippen MR) is 82.8 cm³/mol. The molecule has 0 radical (unpaired) electrons. The molecule has 1 aromatic carbocycles. The summed E-state index contributed by atoms with van der Waals surface area (Å²) in [5.74, 6) is -0.362. The van der Waals surface area contributed by atoms with Crippen LogP contribution in [0.3, 0.4) is 0 Å². The van der Waals surface area contributed by atoms with Gasteiger partial charge in [0.1, 0.15) is 5.69 Å². The van der Waals surface area contributed by atoms with Gasteiger partial charge in [-0.3, -0.25) is 4.98 Å². The molecule has 0 bridgehead atoms. The summed E-state index contributed by atoms with van der Waals surface area (Å²) in [7, 11) is 0. The quantitative estimate of drug-likeness (QED) is 0.834. The van der Waals surface area contributed by atoms with E-state index in [4.69, 9.17) is 5.73 Å². The molecule has 1 aliphatic rings. The van der Waals surface area contributed by atoms with Crippen LogP contribution < -0.4 is 10.6 Å². The van der Waals surface area contributed by atoms with Crippen molar-refractivity contribution in [2.75, 3.05) is 23.8 Å². The third-order valence-electron chi connectivity index (χ3n) is 4.23. The van der Waals surface area contributed by atoms with Crippen LogP contribution in [0.4, 0.5) is 15.8 Å². The second-order valence-electron chi connectivity index (χ2n) is 5.57. The SMILES string of the molecule is Nc1cc(F)c(N2CCCCCC2CO)c2ncccc12. The zero-order valence-corrected chi connectivity index (χ0v) is 11.9. The fourth-order valence-electron chi connectivity index (χ4n) is 3.16. The van der Waals surface area contributed by atoms with E-state index in [1.54, 1.807) is 12.3 Å². The van der Waals surface area contributed by atoms with Crippen molar-refractivity contribution in [2.24, 2.45) is 0 Å². The highest BCUT2D eigenvalue weighted by Gasteiger charge is 2.25. The Balaban J connectivity index is 2.18. The Labute approximate surface area is 123 Å². The molecule has 4 nitrogen and oxygen atoms in total. The summed E-state index contributed by atoms with van der Waals surface area (Å²) >= 11 is 0. The van der Waals surface area contributed by atoms with Crippen LogP contribution in [0.25, 0.3) is 10.9 Å². The highest BCUT2D eigenvalue weighted by atomic mass is 19.1. The number of hydrogen-bond donors (Lipinski definition) is 2. The van der Waals surface area contributed by atoms with Crippen molar-refractivity contribution < 1.29 is 9.50 Å². The summed E-state index contributed by atoms with van der Waals surface area (Å²) in [6, 6.07) is 4.95. The normalized spacial score (nSPS) is 19.7. The van der Waals surface area contributed by atoms with Gasteiger partial charge in [-0.05, 0) is 31.0 Å². The Morgan fingerprint density at radius 1 is 1.38 bits per heavy atom. The van der Waals surface area contributed by atoms with E-state index in [0.29, 0.717) is 16.9 Å². The molecule has 21 heavy (non-hydrogen) atoms. The van der Waals surface area contributed by atoms with E-state index >= 15 is 0 Å². The number of nitrogen functional groups attached to an aromatic ring is 1. The molecule has 0 spiro atoms. The van der Waals surface area contributed by atoms with Crippen LogP contribution in [0.15, 0.2) is 24.4 Å². The molecule has 1 aromatic heterocycles. The number of pyridine rings is 1. The average molecular weight is 289 g/mol. The van der Waals surface area contributed by atoms with Gasteiger partial charge in [-0.15, -0.1) is 0 Å². The molecule has 0 saturated carbocycles. The molecule has 0 amide bonds. The van der Waals surface area contributed by atoms with E-state index in [1.807, 2.05) is 11.0 Å². The fourth-order valence-corrected chi connectivity index (χ4v) is 3.16. The third kappa shape index (κ3) is 2.53. The molecular formula is C16H20FN3O. The summed E-state index contributed by atoms with van der Waals surface area (Å²) in [6.45, 7) is 0.760. The van der Waals surface area contributed by atoms with E-state index in [-0.39, 0.29) is 18.5 Å². The molecule has 112 valence electrons. The summed E-state index contributed by atoms with van der Waals surface area (Å²) in [5.41, 5.74) is 7.36. The van der Waals surface area contributed by atoms with E-state index in [2.05, 4.69) is 4.98 Å². The minimum absolute atomic E-state index is 0.0259. The molecule has 1 unspecified atom stereocenters. The maximum atomic E-state index is 14.6. The average Bonchev–Trinajstić information content (AvgIpc) is 2.73. The first-order chi connectivity index (χ1) is 10.2. The number of fused-ring (bicyclic) bond motifs is 1. The van der Waals surface area contributed by atoms with Gasteiger partial charge in [0.05, 0.1) is 18.2 Å². The molecule has 1 atom stereocenters. The molecule has 1 aliphatic heterocycles. The molecule has 3 rings (SSSR count). The number of nitrogens with zero attached hydrogens (tertiary/aromatic N) is 2. The van der Waals surface area contributed by atoms with Crippen LogP contribution in [0.2, 0.25) is 0 Å². The Kier molecular flexibility index (Phi) is 3.92. The second-order valence-corrected chi connectivity index (χ2v) is 5.57. The summed E-state index contributed by atoms with van der Waals surface area (Å²) in [4.78, 5) is 6.30. The van der Waals surface area contributed by atoms with Crippen molar-refractivity contribution in [1.82, 2.24) is 4.98 Å². The topological polar surface area (TPSA) is 62.4 Å². The van der Waals surface area contributed by atoms with Gasteiger partial charge < -0.3 is 15.7 Å². The Hall–Kier alpha value is -1.88. The maximum Gasteiger partial charge on any atom is 0.150 e. The number of halogens is 1. The van der Waals surface area contributed by atoms with Crippen molar-refractivity contribution in [1.29, 1.82) is 0 Å². The summed E-state index contributed by atoms with van der Waals surface area (Å²) in [6.07, 6.45) is 5.68. The van der Waals surface area contributed by atoms with Crippen molar-refractivity contribution in [2.45, 2.75) is 31.7 Å². The van der Waals surface area contributed by atoms with Gasteiger partial charge in [0, 0.05) is 23.8 Å². The zero-order valence-electron chi connectivity index (χ0n) is 11.9. The van der Waals surface area contributed by atoms with Gasteiger partial charge in [0.2, 0.25) is 0 Å². The van der Waals surface area contributed by atoms with Crippen molar-refractivity contribution >= 4 is 22.3 Å². The van der Waals surface area contributed by atoms with Crippen LogP contribution in [0.1, 0.15) is 25.7 Å². The van der Waals surface area contributed by atoms with Crippen LogP contribution >= 0.6 is 0 Å². The molecule has 2 heterocycles. The molecule has 1 fully saturated rings. The lowest BCUT2D eigenvalue weighted by Gasteiger charge is -2.31. The van der Waals surface area contributed by atoms with Crippen molar-refractivity contribution in [3.63, 3.8) is 0 Å². The maximum absolute atomic E-state index is 14.6. The third-order valence-corrected chi connectivity index (χ3v) is 4.23. The number of anilines is 2. The van der Waals surface area contributed by atoms with Crippen LogP contribution in [0, 0.1) is 5.82 Å². The summed E-state index contributed by atoms with van der Waals surface area (Å²) < 4.78 is 14.6. The predicted octanol–water partition coefficient (Wildman–Crippen LogP) is 2.70. The molecule has 3 N–H and O–H groups in total. The monoisotopic (exact) mass is 289 g/mol. The lowest BCUT2D eigenvalue weighted by molar-refractivity contribution is 0.254. The Morgan fingerprint density at radius 2 is 2.24 bits per heavy atom. The first-order valence-electron chi connectivity index (χ1n) is 7.42. The number of rotatable bonds is 2. The lowest BCUT2D eigenvalue weighted by atomic mass is 10.1. The number of benzene rings is 1. The number of aliphatic hydroxyl groups is 1. The van der Waals surface area contributed by atoms with E-state index in [0.717, 1.165) is 37.6 Å². The van der Waals surface area contributed by atoms with Crippen LogP contribution in [0.5, 0.6) is 0 Å². The number of nitrogens with two attached hydrogens (primary N) is 1. The first-order valence-corrected chi connectivity index (χ1v) is 7.42. The number of aromatic nitrogens is 1. The molecular weight excluding hydrogens is 269 g/mol. The minimum atomic E-state index is -0.362. The first kappa shape index (κ1) is 14.1. The molecule has 2 aromatic rings. The molecule has 0 aliphatic carbocycles. The Bertz CT molecular complexity index is 647. The Morgan fingerprint density at radius 3 is 3.05 bits per heavy atom. The van der Waals surface area contributed by atoms with Gasteiger partial charge in [0.15, 0.2) is 5.82 Å². The number of aliphatic hydroxyl groups excluding tert-OH is 1. The van der Waals surface area contributed by atoms with E-state index in [9.17, 15) is 9.50 Å². The van der Waals surface area contributed by atoms with Crippen LogP contribution in [-0.2, 0) is 0 Å². The van der Waals surface area contributed by atoms with E-state index < -0.39 is 0 Å². The lowest BCUT2D eigenvalue weighted by Crippen LogP contribution is -2.38. The number of hydrogen-bond acceptors (Lipinski definition) is 4. The van der Waals surface area contributed by atoms with Gasteiger partial charge in [-0.25, -0.2) is 4.39 Å². The van der Waals surface area contributed by atoms with Crippen molar-refractivity contribution in [3.05, 3.63) is 30.2 Å². The van der Waals surface area contributed by atoms with Crippen LogP contribution in [-0.4, -0.2) is 29.3 Å². The largest absolute Gasteiger partial charge is 0.398 e. The molecule has 5 heteroatoms. The van der Waals surface area contributed by atoms with E-state index in [1.165, 1.54) is 6.07 Å². The smallest absolute Gasteiger partial charge is 0.150 e. The standard InChI is InChI=1S/C16H20FN3O/c17-13-9-14(18)12-6-4-7-19-15(12)16(13)20-8-3-1-2-5-11(20)10-21/h4,6-7,9,11,21H,1-3,5,8,10,18H2. The van der Waals surface area contributed by atoms with Crippen molar-refractivity contribution in [3.8, 4) is 0 Å². The summed E-state index contributed by atoms with van der Waals surface area (Å²) in [5, 5.41) is 10.4. The molecule has 1 saturated heterocycles. The fraction of sp³-hybridized carbons (Fsp3) is 0.438. The highest BCUT2D eigenvalue weighted by molar-refractivity contribution is 5.99. The van der Waals surface area contributed by atoms with Gasteiger partial charge in [0.25, 0.3) is 0 Å². The zero-order chi connectivity index (χ0) is 14.8.